The Labute approximate surface area is 768 Å². The molecule has 0 saturated heterocycles. The molecule has 21 aromatic rings. The molecule has 614 valence electrons. The van der Waals surface area contributed by atoms with Crippen LogP contribution in [-0.4, -0.2) is 19.9 Å². The average molecular weight is 1680 g/mol. The molecule has 0 radical (unpaired) electrons. The standard InChI is InChI=1S/C66H41N3.C60H39N3/c1-67-54-32-34-62-58(41-54)57-40-49(31-33-61(57)66(62)59-29-13-11-27-55(59)56-28-12-14-30-60(56)66)47-24-15-23-46(35-47)48-25-16-26-50(36-48)63-42-64(69-65(68-63)45-21-9-4-10-22-45)53-38-51(43-17-5-2-6-18-43)37-52(39-53)44-19-7-3-8-20-44;1-61-52-33-35-56-54(39-52)53-38-48(32-34-55(53)60(56,50-24-10-4-11-25-50)51-26-12-5-13-27-51)46-21-14-20-45(36-46)47-22-15-23-49(37-47)58-40-57(62-59(63-58)44-18-8-3-9-19-44)43-30-28-42(29-31-43)41-16-6-2-7-17-41/h2-42H;2-40H. The van der Waals surface area contributed by atoms with E-state index >= 15 is 0 Å². The van der Waals surface area contributed by atoms with Crippen molar-refractivity contribution in [2.24, 2.45) is 0 Å². The van der Waals surface area contributed by atoms with Crippen molar-refractivity contribution in [1.29, 1.82) is 0 Å². The van der Waals surface area contributed by atoms with Gasteiger partial charge in [-0.2, -0.15) is 0 Å². The molecule has 3 aliphatic rings. The molecule has 3 aliphatic carbocycles. The zero-order valence-electron chi connectivity index (χ0n) is 71.9. The Kier molecular flexibility index (Phi) is 20.1. The fourth-order valence-electron chi connectivity index (χ4n) is 20.3. The highest BCUT2D eigenvalue weighted by Crippen LogP contribution is 2.64. The first kappa shape index (κ1) is 79.0. The predicted molar refractivity (Wildman–Crippen MR) is 541 cm³/mol. The van der Waals surface area contributed by atoms with Crippen LogP contribution in [0.25, 0.3) is 189 Å². The zero-order chi connectivity index (χ0) is 88.1. The molecule has 6 heteroatoms. The summed E-state index contributed by atoms with van der Waals surface area (Å²) in [5, 5.41) is 0. The quantitative estimate of drug-likeness (QED) is 0.0960. The van der Waals surface area contributed by atoms with Crippen molar-refractivity contribution in [3.05, 3.63) is 553 Å². The van der Waals surface area contributed by atoms with Crippen molar-refractivity contribution in [3.63, 3.8) is 0 Å². The van der Waals surface area contributed by atoms with Crippen molar-refractivity contribution in [3.8, 4) is 179 Å². The second-order valence-corrected chi connectivity index (χ2v) is 34.0. The SMILES string of the molecule is [C-]#[N+]c1ccc2c(c1)-c1cc(-c3cccc(-c4cccc(-c5cc(-c6cc(-c7ccccc7)cc(-c7ccccc7)c6)nc(-c6ccccc6)n5)c4)c3)ccc1C21c2ccccc2-c2ccccc21.[C-]#[N+]c1ccc2c(c1)-c1cc(-c3cccc(-c4cccc(-c5cc(-c6ccc(-c7ccccc7)cc6)nc(-c6ccccc6)n5)c4)c3)ccc1C2(c1ccccc1)c1ccccc1. The number of hydrogen-bond acceptors (Lipinski definition) is 4. The minimum Gasteiger partial charge on any atom is -0.238 e. The maximum Gasteiger partial charge on any atom is 0.187 e. The van der Waals surface area contributed by atoms with E-state index in [0.717, 1.165) is 140 Å². The molecule has 0 atom stereocenters. The van der Waals surface area contributed by atoms with Crippen LogP contribution < -0.4 is 0 Å². The fraction of sp³-hybridized carbons (Fsp3) is 0.0159. The van der Waals surface area contributed by atoms with Gasteiger partial charge in [-0.3, -0.25) is 0 Å². The fourth-order valence-corrected chi connectivity index (χ4v) is 20.3. The van der Waals surface area contributed by atoms with Gasteiger partial charge in [-0.25, -0.2) is 29.6 Å². The van der Waals surface area contributed by atoms with Crippen LogP contribution in [0.1, 0.15) is 44.5 Å². The van der Waals surface area contributed by atoms with Gasteiger partial charge in [0.1, 0.15) is 0 Å². The Morgan fingerprint density at radius 2 is 0.394 bits per heavy atom. The van der Waals surface area contributed by atoms with Crippen molar-refractivity contribution in [2.45, 2.75) is 10.8 Å². The highest BCUT2D eigenvalue weighted by atomic mass is 14.9. The van der Waals surface area contributed by atoms with Crippen molar-refractivity contribution in [2.75, 3.05) is 0 Å². The van der Waals surface area contributed by atoms with Crippen LogP contribution in [0.15, 0.2) is 485 Å². The topological polar surface area (TPSA) is 60.3 Å². The summed E-state index contributed by atoms with van der Waals surface area (Å²) in [5.74, 6) is 1.36. The molecule has 1 spiro atoms. The summed E-state index contributed by atoms with van der Waals surface area (Å²) in [5.41, 5.74) is 42.5. The minimum absolute atomic E-state index is 0.463. The molecular formula is C126H80N6. The third-order valence-corrected chi connectivity index (χ3v) is 26.5. The van der Waals surface area contributed by atoms with Gasteiger partial charge >= 0.3 is 0 Å². The van der Waals surface area contributed by atoms with Gasteiger partial charge in [-0.1, -0.05) is 406 Å². The highest BCUT2D eigenvalue weighted by Gasteiger charge is 2.52. The molecule has 0 saturated carbocycles. The molecule has 0 aliphatic heterocycles. The van der Waals surface area contributed by atoms with Crippen LogP contribution in [0.4, 0.5) is 11.4 Å². The van der Waals surface area contributed by atoms with Gasteiger partial charge in [0.2, 0.25) is 0 Å². The highest BCUT2D eigenvalue weighted by molar-refractivity contribution is 5.98. The molecule has 2 aromatic heterocycles. The number of nitrogens with zero attached hydrogens (tertiary/aromatic N) is 6. The molecule has 19 aromatic carbocycles. The van der Waals surface area contributed by atoms with Crippen LogP contribution >= 0.6 is 0 Å². The van der Waals surface area contributed by atoms with E-state index in [-0.39, 0.29) is 0 Å². The summed E-state index contributed by atoms with van der Waals surface area (Å²) < 4.78 is 0. The van der Waals surface area contributed by atoms with E-state index in [4.69, 9.17) is 33.1 Å². The van der Waals surface area contributed by atoms with E-state index in [2.05, 4.69) is 440 Å². The molecule has 2 heterocycles. The number of aromatic nitrogens is 4. The van der Waals surface area contributed by atoms with Gasteiger partial charge in [0, 0.05) is 33.4 Å². The molecular weight excluding hydrogens is 1600 g/mol. The molecule has 24 rings (SSSR count). The summed E-state index contributed by atoms with van der Waals surface area (Å²) in [6.45, 7) is 15.9. The number of hydrogen-bond donors (Lipinski definition) is 0. The van der Waals surface area contributed by atoms with Gasteiger partial charge < -0.3 is 0 Å². The van der Waals surface area contributed by atoms with Gasteiger partial charge in [-0.15, -0.1) is 0 Å². The lowest BCUT2D eigenvalue weighted by Gasteiger charge is -2.34. The van der Waals surface area contributed by atoms with Crippen LogP contribution in [0.5, 0.6) is 0 Å². The number of rotatable bonds is 15. The second-order valence-electron chi connectivity index (χ2n) is 34.0. The molecule has 132 heavy (non-hydrogen) atoms. The van der Waals surface area contributed by atoms with Crippen LogP contribution in [0.2, 0.25) is 0 Å². The average Bonchev–Trinajstić information content (AvgIpc) is 1.52. The Morgan fingerprint density at radius 1 is 0.152 bits per heavy atom. The largest absolute Gasteiger partial charge is 0.238 e. The monoisotopic (exact) mass is 1680 g/mol. The summed E-state index contributed by atoms with van der Waals surface area (Å²) in [4.78, 5) is 28.5. The summed E-state index contributed by atoms with van der Waals surface area (Å²) in [6.07, 6.45) is 0. The summed E-state index contributed by atoms with van der Waals surface area (Å²) >= 11 is 0. The molecule has 0 amide bonds. The zero-order valence-corrected chi connectivity index (χ0v) is 71.9. The molecule has 0 N–H and O–H groups in total. The Morgan fingerprint density at radius 3 is 0.780 bits per heavy atom. The van der Waals surface area contributed by atoms with E-state index in [9.17, 15) is 0 Å². The first-order valence-corrected chi connectivity index (χ1v) is 44.7. The molecule has 0 unspecified atom stereocenters. The number of benzene rings is 19. The van der Waals surface area contributed by atoms with Crippen LogP contribution in [0, 0.1) is 13.1 Å². The lowest BCUT2D eigenvalue weighted by atomic mass is 9.67. The Balaban J connectivity index is 0.000000150. The Hall–Kier alpha value is -17.7. The predicted octanol–water partition coefficient (Wildman–Crippen LogP) is 32.4. The van der Waals surface area contributed by atoms with E-state index < -0.39 is 10.8 Å². The third-order valence-electron chi connectivity index (χ3n) is 26.5. The van der Waals surface area contributed by atoms with Crippen LogP contribution in [0.3, 0.4) is 0 Å². The minimum atomic E-state index is -0.526. The maximum atomic E-state index is 7.97. The van der Waals surface area contributed by atoms with Gasteiger partial charge in [0.25, 0.3) is 0 Å². The van der Waals surface area contributed by atoms with Gasteiger partial charge in [0.15, 0.2) is 23.0 Å². The lowest BCUT2D eigenvalue weighted by Crippen LogP contribution is -2.28. The first-order chi connectivity index (χ1) is 65.3. The lowest BCUT2D eigenvalue weighted by molar-refractivity contribution is 0.768. The van der Waals surface area contributed by atoms with E-state index in [0.29, 0.717) is 23.0 Å². The molecule has 0 bridgehead atoms. The second kappa shape index (κ2) is 33.6. The first-order valence-electron chi connectivity index (χ1n) is 44.7. The van der Waals surface area contributed by atoms with Crippen molar-refractivity contribution >= 4 is 11.4 Å². The maximum absolute atomic E-state index is 7.97. The summed E-state index contributed by atoms with van der Waals surface area (Å²) in [6, 6.07) is 172. The normalized spacial score (nSPS) is 12.3. The van der Waals surface area contributed by atoms with Crippen LogP contribution in [-0.2, 0) is 10.8 Å². The van der Waals surface area contributed by atoms with Gasteiger partial charge in [0.05, 0.1) is 46.7 Å². The van der Waals surface area contributed by atoms with E-state index in [1.165, 1.54) is 72.3 Å². The van der Waals surface area contributed by atoms with Crippen molar-refractivity contribution in [1.82, 2.24) is 19.9 Å². The smallest absolute Gasteiger partial charge is 0.187 e. The van der Waals surface area contributed by atoms with E-state index in [1.54, 1.807) is 0 Å². The Bertz CT molecular complexity index is 7980. The summed E-state index contributed by atoms with van der Waals surface area (Å²) in [7, 11) is 0. The van der Waals surface area contributed by atoms with Crippen molar-refractivity contribution < 1.29 is 0 Å². The molecule has 6 nitrogen and oxygen atoms in total. The third kappa shape index (κ3) is 14.1. The van der Waals surface area contributed by atoms with Gasteiger partial charge in [-0.05, 0) is 235 Å². The number of fused-ring (bicyclic) bond motifs is 13. The van der Waals surface area contributed by atoms with E-state index in [1.807, 2.05) is 54.6 Å². The molecule has 0 fully saturated rings.